The van der Waals surface area contributed by atoms with Crippen LogP contribution < -0.4 is 5.32 Å². The molecular formula is C18H30N2O. The van der Waals surface area contributed by atoms with E-state index in [0.29, 0.717) is 18.6 Å². The molecule has 3 heteroatoms. The topological polar surface area (TPSA) is 35.5 Å². The van der Waals surface area contributed by atoms with Gasteiger partial charge >= 0.3 is 0 Å². The first-order valence-corrected chi connectivity index (χ1v) is 8.42. The lowest BCUT2D eigenvalue weighted by molar-refractivity contribution is 0.247. The fraction of sp³-hybridized carbons (Fsp3) is 0.667. The Morgan fingerprint density at radius 2 is 2.14 bits per heavy atom. The van der Waals surface area contributed by atoms with E-state index in [-0.39, 0.29) is 0 Å². The maximum atomic E-state index is 9.04. The molecule has 1 aliphatic rings. The maximum Gasteiger partial charge on any atom is 0.0434 e. The van der Waals surface area contributed by atoms with Crippen molar-refractivity contribution in [2.75, 3.05) is 32.8 Å². The zero-order valence-corrected chi connectivity index (χ0v) is 13.3. The molecule has 2 rings (SSSR count). The SMILES string of the molecule is CCC(CCO)CNC1CCN(CCc2ccccc2)C1. The Morgan fingerprint density at radius 1 is 1.33 bits per heavy atom. The van der Waals surface area contributed by atoms with Gasteiger partial charge in [-0.15, -0.1) is 0 Å². The Bertz CT molecular complexity index is 382. The Morgan fingerprint density at radius 3 is 2.86 bits per heavy atom. The van der Waals surface area contributed by atoms with E-state index < -0.39 is 0 Å². The molecular weight excluding hydrogens is 260 g/mol. The van der Waals surface area contributed by atoms with Gasteiger partial charge in [0.1, 0.15) is 0 Å². The first kappa shape index (κ1) is 16.5. The van der Waals surface area contributed by atoms with Crippen molar-refractivity contribution in [2.45, 2.75) is 38.6 Å². The van der Waals surface area contributed by atoms with Crippen LogP contribution in [0.15, 0.2) is 30.3 Å². The molecule has 1 aromatic carbocycles. The number of rotatable bonds is 9. The molecule has 2 atom stereocenters. The smallest absolute Gasteiger partial charge is 0.0434 e. The summed E-state index contributed by atoms with van der Waals surface area (Å²) in [4.78, 5) is 2.57. The second-order valence-electron chi connectivity index (χ2n) is 6.22. The molecule has 3 nitrogen and oxygen atoms in total. The highest BCUT2D eigenvalue weighted by atomic mass is 16.3. The van der Waals surface area contributed by atoms with Gasteiger partial charge in [-0.05, 0) is 43.8 Å². The van der Waals surface area contributed by atoms with Gasteiger partial charge in [-0.1, -0.05) is 43.7 Å². The average molecular weight is 290 g/mol. The van der Waals surface area contributed by atoms with Gasteiger partial charge in [0.15, 0.2) is 0 Å². The molecule has 21 heavy (non-hydrogen) atoms. The molecule has 118 valence electrons. The maximum absolute atomic E-state index is 9.04. The normalized spacial score (nSPS) is 20.8. The predicted octanol–water partition coefficient (Wildman–Crippen LogP) is 2.30. The molecule has 0 spiro atoms. The average Bonchev–Trinajstić information content (AvgIpc) is 2.98. The first-order chi connectivity index (χ1) is 10.3. The molecule has 2 N–H and O–H groups in total. The minimum absolute atomic E-state index is 0.314. The lowest BCUT2D eigenvalue weighted by Gasteiger charge is -2.19. The number of hydrogen-bond donors (Lipinski definition) is 2. The molecule has 0 saturated carbocycles. The summed E-state index contributed by atoms with van der Waals surface area (Å²) in [5, 5.41) is 12.7. The van der Waals surface area contributed by atoms with Gasteiger partial charge in [-0.25, -0.2) is 0 Å². The van der Waals surface area contributed by atoms with Crippen molar-refractivity contribution in [3.8, 4) is 0 Å². The van der Waals surface area contributed by atoms with Gasteiger partial charge in [-0.2, -0.15) is 0 Å². The predicted molar refractivity (Wildman–Crippen MR) is 88.5 cm³/mol. The van der Waals surface area contributed by atoms with Crippen molar-refractivity contribution in [2.24, 2.45) is 5.92 Å². The molecule has 0 aliphatic carbocycles. The monoisotopic (exact) mass is 290 g/mol. The number of likely N-dealkylation sites (tertiary alicyclic amines) is 1. The van der Waals surface area contributed by atoms with Gasteiger partial charge < -0.3 is 15.3 Å². The summed E-state index contributed by atoms with van der Waals surface area (Å²) in [5.74, 6) is 0.619. The number of hydrogen-bond acceptors (Lipinski definition) is 3. The molecule has 0 amide bonds. The number of aliphatic hydroxyl groups is 1. The van der Waals surface area contributed by atoms with Crippen LogP contribution >= 0.6 is 0 Å². The summed E-state index contributed by atoms with van der Waals surface area (Å²) < 4.78 is 0. The molecule has 1 heterocycles. The molecule has 0 aromatic heterocycles. The molecule has 2 unspecified atom stereocenters. The summed E-state index contributed by atoms with van der Waals surface area (Å²) in [6.45, 7) is 7.12. The minimum Gasteiger partial charge on any atom is -0.396 e. The lowest BCUT2D eigenvalue weighted by Crippen LogP contribution is -2.36. The number of benzene rings is 1. The van der Waals surface area contributed by atoms with E-state index in [0.717, 1.165) is 32.4 Å². The second-order valence-corrected chi connectivity index (χ2v) is 6.22. The summed E-state index contributed by atoms with van der Waals surface area (Å²) in [6, 6.07) is 11.4. The summed E-state index contributed by atoms with van der Waals surface area (Å²) in [5.41, 5.74) is 1.43. The third-order valence-corrected chi connectivity index (χ3v) is 4.64. The number of nitrogens with one attached hydrogen (secondary N) is 1. The van der Waals surface area contributed by atoms with E-state index >= 15 is 0 Å². The van der Waals surface area contributed by atoms with Crippen molar-refractivity contribution in [3.05, 3.63) is 35.9 Å². The van der Waals surface area contributed by atoms with Gasteiger partial charge in [0.25, 0.3) is 0 Å². The van der Waals surface area contributed by atoms with Crippen molar-refractivity contribution in [1.29, 1.82) is 0 Å². The van der Waals surface area contributed by atoms with Gasteiger partial charge in [0, 0.05) is 25.7 Å². The van der Waals surface area contributed by atoms with Crippen LogP contribution in [-0.2, 0) is 6.42 Å². The largest absolute Gasteiger partial charge is 0.396 e. The van der Waals surface area contributed by atoms with Crippen LogP contribution in [0.2, 0.25) is 0 Å². The summed E-state index contributed by atoms with van der Waals surface area (Å²) >= 11 is 0. The van der Waals surface area contributed by atoms with Crippen LogP contribution in [0.4, 0.5) is 0 Å². The van der Waals surface area contributed by atoms with E-state index in [1.807, 2.05) is 0 Å². The van der Waals surface area contributed by atoms with Crippen LogP contribution in [0.25, 0.3) is 0 Å². The van der Waals surface area contributed by atoms with Crippen LogP contribution in [-0.4, -0.2) is 48.8 Å². The summed E-state index contributed by atoms with van der Waals surface area (Å²) in [7, 11) is 0. The summed E-state index contributed by atoms with van der Waals surface area (Å²) in [6.07, 6.45) is 4.48. The molecule has 0 radical (unpaired) electrons. The Hall–Kier alpha value is -0.900. The number of nitrogens with zero attached hydrogens (tertiary/aromatic N) is 1. The second kappa shape index (κ2) is 9.19. The van der Waals surface area contributed by atoms with Crippen LogP contribution in [0, 0.1) is 5.92 Å². The van der Waals surface area contributed by atoms with Crippen molar-refractivity contribution < 1.29 is 5.11 Å². The quantitative estimate of drug-likeness (QED) is 0.732. The van der Waals surface area contributed by atoms with Crippen molar-refractivity contribution in [3.63, 3.8) is 0 Å². The first-order valence-electron chi connectivity index (χ1n) is 8.42. The highest BCUT2D eigenvalue weighted by molar-refractivity contribution is 5.14. The standard InChI is InChI=1S/C18H30N2O/c1-2-16(10-13-21)14-19-18-9-12-20(15-18)11-8-17-6-4-3-5-7-17/h3-7,16,18-19,21H,2,8-15H2,1H3. The van der Waals surface area contributed by atoms with Gasteiger partial charge in [-0.3, -0.25) is 0 Å². The van der Waals surface area contributed by atoms with E-state index in [2.05, 4.69) is 47.5 Å². The lowest BCUT2D eigenvalue weighted by atomic mass is 10.0. The van der Waals surface area contributed by atoms with Crippen LogP contribution in [0.5, 0.6) is 0 Å². The van der Waals surface area contributed by atoms with E-state index in [1.54, 1.807) is 0 Å². The molecule has 1 fully saturated rings. The Balaban J connectivity index is 1.64. The van der Waals surface area contributed by atoms with E-state index in [4.69, 9.17) is 5.11 Å². The van der Waals surface area contributed by atoms with E-state index in [1.165, 1.54) is 25.1 Å². The third kappa shape index (κ3) is 5.77. The van der Waals surface area contributed by atoms with Gasteiger partial charge in [0.2, 0.25) is 0 Å². The van der Waals surface area contributed by atoms with Crippen molar-refractivity contribution >= 4 is 0 Å². The Labute approximate surface area is 129 Å². The van der Waals surface area contributed by atoms with Crippen LogP contribution in [0.3, 0.4) is 0 Å². The minimum atomic E-state index is 0.314. The number of aliphatic hydroxyl groups excluding tert-OH is 1. The van der Waals surface area contributed by atoms with Crippen LogP contribution in [0.1, 0.15) is 31.7 Å². The fourth-order valence-electron chi connectivity index (χ4n) is 3.10. The van der Waals surface area contributed by atoms with E-state index in [9.17, 15) is 0 Å². The molecule has 0 bridgehead atoms. The molecule has 1 aromatic rings. The zero-order valence-electron chi connectivity index (χ0n) is 13.3. The Kier molecular flexibility index (Phi) is 7.20. The molecule has 1 saturated heterocycles. The third-order valence-electron chi connectivity index (χ3n) is 4.64. The zero-order chi connectivity index (χ0) is 14.9. The highest BCUT2D eigenvalue weighted by Gasteiger charge is 2.22. The van der Waals surface area contributed by atoms with Crippen molar-refractivity contribution in [1.82, 2.24) is 10.2 Å². The van der Waals surface area contributed by atoms with Gasteiger partial charge in [0.05, 0.1) is 0 Å². The highest BCUT2D eigenvalue weighted by Crippen LogP contribution is 2.12. The fourth-order valence-corrected chi connectivity index (χ4v) is 3.10. The molecule has 1 aliphatic heterocycles.